The summed E-state index contributed by atoms with van der Waals surface area (Å²) < 4.78 is 1.18. The minimum Gasteiger partial charge on any atom is -0.324 e. The molecule has 3 aromatic rings. The largest absolute Gasteiger partial charge is 0.324 e. The van der Waals surface area contributed by atoms with E-state index in [2.05, 4.69) is 22.6 Å². The molecule has 4 rings (SSSR count). The predicted octanol–water partition coefficient (Wildman–Crippen LogP) is 4.14. The zero-order chi connectivity index (χ0) is 20.0. The van der Waals surface area contributed by atoms with Crippen molar-refractivity contribution in [2.75, 3.05) is 5.32 Å². The molecule has 0 unspecified atom stereocenters. The first-order chi connectivity index (χ1) is 13.3. The van der Waals surface area contributed by atoms with Crippen molar-refractivity contribution in [2.24, 2.45) is 5.92 Å². The summed E-state index contributed by atoms with van der Waals surface area (Å²) in [6, 6.07) is 4.50. The molecular weight excluding hydrogens is 396 g/mol. The van der Waals surface area contributed by atoms with Crippen LogP contribution in [0.3, 0.4) is 0 Å². The van der Waals surface area contributed by atoms with Crippen molar-refractivity contribution in [2.45, 2.75) is 46.1 Å². The molecule has 6 nitrogen and oxygen atoms in total. The Morgan fingerprint density at radius 3 is 3.00 bits per heavy atom. The summed E-state index contributed by atoms with van der Waals surface area (Å²) >= 11 is 7.58. The summed E-state index contributed by atoms with van der Waals surface area (Å²) in [4.78, 5) is 27.8. The molecule has 0 saturated carbocycles. The molecule has 2 atom stereocenters. The maximum Gasteiger partial charge on any atom is 0.279 e. The first-order valence-electron chi connectivity index (χ1n) is 9.32. The van der Waals surface area contributed by atoms with E-state index in [9.17, 15) is 9.59 Å². The van der Waals surface area contributed by atoms with Gasteiger partial charge in [-0.1, -0.05) is 29.8 Å². The van der Waals surface area contributed by atoms with Crippen LogP contribution in [0.2, 0.25) is 5.02 Å². The molecule has 2 aromatic heterocycles. The van der Waals surface area contributed by atoms with Gasteiger partial charge in [0.05, 0.1) is 5.39 Å². The van der Waals surface area contributed by atoms with Crippen LogP contribution in [0.4, 0.5) is 5.69 Å². The van der Waals surface area contributed by atoms with Gasteiger partial charge in [-0.2, -0.15) is 4.68 Å². The maximum absolute atomic E-state index is 13.1. The van der Waals surface area contributed by atoms with Gasteiger partial charge in [-0.3, -0.25) is 9.59 Å². The lowest BCUT2D eigenvalue weighted by atomic mass is 9.89. The van der Waals surface area contributed by atoms with E-state index in [0.29, 0.717) is 26.8 Å². The number of nitrogens with one attached hydrogen (secondary N) is 1. The number of hydrogen-bond acceptors (Lipinski definition) is 5. The average Bonchev–Trinajstić information content (AvgIpc) is 3.02. The standard InChI is InChI=1S/C20H21ClN4O2S/c1-10-4-7-14-16(8-10)28-19-17(14)20(27)25(24-23-19)12(3)18(26)22-15-9-13(21)6-5-11(15)2/h5-6,9-10,12H,4,7-8H2,1-3H3,(H,22,26)/t10-,12+/m1/s1. The highest BCUT2D eigenvalue weighted by Gasteiger charge is 2.26. The Morgan fingerprint density at radius 2 is 2.21 bits per heavy atom. The van der Waals surface area contributed by atoms with Crippen molar-refractivity contribution in [3.05, 3.63) is 49.6 Å². The van der Waals surface area contributed by atoms with Crippen LogP contribution >= 0.6 is 22.9 Å². The molecule has 0 spiro atoms. The zero-order valence-corrected chi connectivity index (χ0v) is 17.5. The van der Waals surface area contributed by atoms with E-state index in [-0.39, 0.29) is 11.5 Å². The highest BCUT2D eigenvalue weighted by molar-refractivity contribution is 7.18. The van der Waals surface area contributed by atoms with Crippen LogP contribution in [-0.2, 0) is 17.6 Å². The fourth-order valence-electron chi connectivity index (χ4n) is 3.60. The number of aryl methyl sites for hydroxylation is 2. The van der Waals surface area contributed by atoms with E-state index in [4.69, 9.17) is 11.6 Å². The second kappa shape index (κ2) is 7.29. The number of nitrogens with zero attached hydrogens (tertiary/aromatic N) is 3. The number of benzene rings is 1. The van der Waals surface area contributed by atoms with Crippen LogP contribution < -0.4 is 10.9 Å². The molecule has 1 aliphatic rings. The molecule has 0 bridgehead atoms. The number of hydrogen-bond donors (Lipinski definition) is 1. The first-order valence-corrected chi connectivity index (χ1v) is 10.5. The quantitative estimate of drug-likeness (QED) is 0.696. The number of thiophene rings is 1. The van der Waals surface area contributed by atoms with Gasteiger partial charge in [0.25, 0.3) is 5.56 Å². The second-order valence-electron chi connectivity index (χ2n) is 7.50. The molecule has 28 heavy (non-hydrogen) atoms. The Balaban J connectivity index is 1.68. The SMILES string of the molecule is Cc1ccc(Cl)cc1NC(=O)[C@H](C)n1nnc2sc3c(c2c1=O)CC[C@@H](C)C3. The zero-order valence-electron chi connectivity index (χ0n) is 16.0. The lowest BCUT2D eigenvalue weighted by Gasteiger charge is -2.18. The smallest absolute Gasteiger partial charge is 0.279 e. The topological polar surface area (TPSA) is 76.9 Å². The maximum atomic E-state index is 13.1. The van der Waals surface area contributed by atoms with Crippen LogP contribution in [-0.4, -0.2) is 20.9 Å². The highest BCUT2D eigenvalue weighted by atomic mass is 35.5. The Morgan fingerprint density at radius 1 is 1.43 bits per heavy atom. The molecule has 0 saturated heterocycles. The Kier molecular flexibility index (Phi) is 4.97. The van der Waals surface area contributed by atoms with Crippen LogP contribution in [0.25, 0.3) is 10.2 Å². The van der Waals surface area contributed by atoms with Gasteiger partial charge in [-0.15, -0.1) is 16.4 Å². The molecule has 8 heteroatoms. The lowest BCUT2D eigenvalue weighted by Crippen LogP contribution is -2.34. The molecule has 1 aliphatic carbocycles. The number of aromatic nitrogens is 3. The summed E-state index contributed by atoms with van der Waals surface area (Å²) in [5.41, 5.74) is 2.35. The molecule has 1 N–H and O–H groups in total. The molecule has 1 amide bonds. The van der Waals surface area contributed by atoms with Crippen LogP contribution in [0, 0.1) is 12.8 Å². The number of amides is 1. The number of anilines is 1. The summed E-state index contributed by atoms with van der Waals surface area (Å²) in [7, 11) is 0. The van der Waals surface area contributed by atoms with Crippen molar-refractivity contribution in [1.29, 1.82) is 0 Å². The normalized spacial score (nSPS) is 17.4. The van der Waals surface area contributed by atoms with E-state index in [1.165, 1.54) is 9.56 Å². The van der Waals surface area contributed by atoms with Crippen LogP contribution in [0.1, 0.15) is 42.3 Å². The van der Waals surface area contributed by atoms with Gasteiger partial charge in [-0.25, -0.2) is 0 Å². The minimum absolute atomic E-state index is 0.248. The minimum atomic E-state index is -0.791. The molecule has 146 valence electrons. The van der Waals surface area contributed by atoms with Crippen LogP contribution in [0.5, 0.6) is 0 Å². The van der Waals surface area contributed by atoms with E-state index in [1.54, 1.807) is 30.4 Å². The summed E-state index contributed by atoms with van der Waals surface area (Å²) in [6.45, 7) is 5.76. The Labute approximate surface area is 171 Å². The highest BCUT2D eigenvalue weighted by Crippen LogP contribution is 2.35. The van der Waals surface area contributed by atoms with Crippen molar-refractivity contribution < 1.29 is 4.79 Å². The lowest BCUT2D eigenvalue weighted by molar-refractivity contribution is -0.119. The molecule has 2 heterocycles. The van der Waals surface area contributed by atoms with Crippen molar-refractivity contribution in [3.8, 4) is 0 Å². The molecule has 0 aliphatic heterocycles. The van der Waals surface area contributed by atoms with Gasteiger partial charge in [0.15, 0.2) is 4.83 Å². The van der Waals surface area contributed by atoms with Crippen LogP contribution in [0.15, 0.2) is 23.0 Å². The van der Waals surface area contributed by atoms with Crippen molar-refractivity contribution in [3.63, 3.8) is 0 Å². The summed E-state index contributed by atoms with van der Waals surface area (Å²) in [5.74, 6) is 0.278. The number of rotatable bonds is 3. The average molecular weight is 417 g/mol. The fourth-order valence-corrected chi connectivity index (χ4v) is 5.09. The third-order valence-corrected chi connectivity index (χ3v) is 6.72. The molecule has 1 aromatic carbocycles. The second-order valence-corrected chi connectivity index (χ2v) is 9.02. The fraction of sp³-hybridized carbons (Fsp3) is 0.400. The first kappa shape index (κ1) is 19.1. The third kappa shape index (κ3) is 3.33. The summed E-state index contributed by atoms with van der Waals surface area (Å²) in [6.07, 6.45) is 2.91. The van der Waals surface area contributed by atoms with Crippen molar-refractivity contribution >= 4 is 44.7 Å². The van der Waals surface area contributed by atoms with E-state index in [1.807, 2.05) is 13.0 Å². The summed E-state index contributed by atoms with van der Waals surface area (Å²) in [5, 5.41) is 12.3. The van der Waals surface area contributed by atoms with E-state index < -0.39 is 6.04 Å². The number of halogens is 1. The Bertz CT molecular complexity index is 1140. The molecule has 0 radical (unpaired) electrons. The van der Waals surface area contributed by atoms with Gasteiger partial charge >= 0.3 is 0 Å². The third-order valence-electron chi connectivity index (χ3n) is 5.35. The number of carbonyl (C=O) groups is 1. The molecule has 0 fully saturated rings. The van der Waals surface area contributed by atoms with Crippen molar-refractivity contribution in [1.82, 2.24) is 15.0 Å². The predicted molar refractivity (Wildman–Crippen MR) is 112 cm³/mol. The van der Waals surface area contributed by atoms with Gasteiger partial charge in [-0.05, 0) is 62.3 Å². The monoisotopic (exact) mass is 416 g/mol. The van der Waals surface area contributed by atoms with Gasteiger partial charge in [0, 0.05) is 15.6 Å². The van der Waals surface area contributed by atoms with E-state index in [0.717, 1.165) is 30.4 Å². The van der Waals surface area contributed by atoms with Gasteiger partial charge in [0.1, 0.15) is 6.04 Å². The molecular formula is C20H21ClN4O2S. The number of fused-ring (bicyclic) bond motifs is 3. The number of carbonyl (C=O) groups excluding carboxylic acids is 1. The Hall–Kier alpha value is -2.25. The van der Waals surface area contributed by atoms with Gasteiger partial charge < -0.3 is 5.32 Å². The van der Waals surface area contributed by atoms with E-state index >= 15 is 0 Å². The van der Waals surface area contributed by atoms with Gasteiger partial charge in [0.2, 0.25) is 5.91 Å².